The van der Waals surface area contributed by atoms with Crippen LogP contribution in [0, 0.1) is 12.8 Å². The number of ether oxygens (including phenoxy) is 1. The zero-order valence-electron chi connectivity index (χ0n) is 25.7. The van der Waals surface area contributed by atoms with Crippen LogP contribution in [0.25, 0.3) is 10.8 Å². The van der Waals surface area contributed by atoms with Crippen molar-refractivity contribution < 1.29 is 27.9 Å². The normalized spacial score (nSPS) is 17.6. The molecule has 1 aliphatic heterocycles. The van der Waals surface area contributed by atoms with Crippen LogP contribution < -0.4 is 15.4 Å². The number of urea groups is 1. The number of nitrogens with zero attached hydrogens (tertiary/aromatic N) is 2. The quantitative estimate of drug-likeness (QED) is 0.241. The van der Waals surface area contributed by atoms with Gasteiger partial charge in [-0.05, 0) is 55.6 Å². The molecule has 3 N–H and O–H groups in total. The Balaban J connectivity index is 1.41. The fourth-order valence-electron chi connectivity index (χ4n) is 5.38. The summed E-state index contributed by atoms with van der Waals surface area (Å²) in [5, 5.41) is 17.5. The summed E-state index contributed by atoms with van der Waals surface area (Å²) in [6.07, 6.45) is -0.621. The van der Waals surface area contributed by atoms with Gasteiger partial charge < -0.3 is 25.4 Å². The van der Waals surface area contributed by atoms with E-state index in [4.69, 9.17) is 4.74 Å². The number of aliphatic hydroxyl groups excluding tert-OH is 1. The number of nitrogens with one attached hydrogen (secondary N) is 2. The molecule has 0 spiro atoms. The number of carbonyl (C=O) groups is 2. The van der Waals surface area contributed by atoms with Crippen molar-refractivity contribution in [2.75, 3.05) is 37.4 Å². The second-order valence-electron chi connectivity index (χ2n) is 11.5. The molecule has 11 heteroatoms. The molecule has 0 aromatic heterocycles. The van der Waals surface area contributed by atoms with E-state index in [-0.39, 0.29) is 47.7 Å². The Morgan fingerprint density at radius 2 is 1.76 bits per heavy atom. The predicted molar refractivity (Wildman–Crippen MR) is 175 cm³/mol. The third kappa shape index (κ3) is 6.95. The number of fused-ring (bicyclic) bond motifs is 2. The second kappa shape index (κ2) is 13.3. The number of likely N-dealkylation sites (N-methyl/N-ethyl adjacent to an activating group) is 1. The molecule has 4 aromatic rings. The highest BCUT2D eigenvalue weighted by atomic mass is 32.2. The van der Waals surface area contributed by atoms with Gasteiger partial charge in [0.15, 0.2) is 0 Å². The first-order valence-electron chi connectivity index (χ1n) is 14.8. The highest BCUT2D eigenvalue weighted by Crippen LogP contribution is 2.31. The fraction of sp³-hybridized carbons (Fsp3) is 0.294. The number of sulfonamides is 1. The molecular formula is C34H38N4O6S. The van der Waals surface area contributed by atoms with Crippen molar-refractivity contribution in [3.63, 3.8) is 0 Å². The number of hydrogen-bond donors (Lipinski definition) is 3. The van der Waals surface area contributed by atoms with Crippen LogP contribution in [0.2, 0.25) is 0 Å². The van der Waals surface area contributed by atoms with Gasteiger partial charge in [-0.1, -0.05) is 61.0 Å². The minimum absolute atomic E-state index is 0.0276. The molecule has 0 bridgehead atoms. The van der Waals surface area contributed by atoms with Gasteiger partial charge in [0.25, 0.3) is 5.91 Å². The topological polar surface area (TPSA) is 128 Å². The van der Waals surface area contributed by atoms with Gasteiger partial charge in [0.1, 0.15) is 11.9 Å². The van der Waals surface area contributed by atoms with E-state index in [0.29, 0.717) is 11.4 Å². The molecule has 0 saturated heterocycles. The van der Waals surface area contributed by atoms with Crippen molar-refractivity contribution in [3.8, 4) is 5.75 Å². The molecule has 0 unspecified atom stereocenters. The molecule has 3 atom stereocenters. The molecule has 45 heavy (non-hydrogen) atoms. The van der Waals surface area contributed by atoms with Gasteiger partial charge in [-0.15, -0.1) is 0 Å². The van der Waals surface area contributed by atoms with Crippen LogP contribution in [0.1, 0.15) is 29.8 Å². The third-order valence-corrected chi connectivity index (χ3v) is 9.96. The molecule has 1 aliphatic rings. The van der Waals surface area contributed by atoms with E-state index in [2.05, 4.69) is 10.6 Å². The lowest BCUT2D eigenvalue weighted by Crippen LogP contribution is -2.50. The van der Waals surface area contributed by atoms with Gasteiger partial charge in [-0.2, -0.15) is 4.31 Å². The highest BCUT2D eigenvalue weighted by molar-refractivity contribution is 7.89. The number of anilines is 2. The smallest absolute Gasteiger partial charge is 0.323 e. The van der Waals surface area contributed by atoms with Crippen LogP contribution in [-0.2, 0) is 10.0 Å². The van der Waals surface area contributed by atoms with Gasteiger partial charge in [-0.3, -0.25) is 4.79 Å². The van der Waals surface area contributed by atoms with Crippen molar-refractivity contribution in [3.05, 3.63) is 96.1 Å². The summed E-state index contributed by atoms with van der Waals surface area (Å²) in [5.41, 5.74) is 2.15. The van der Waals surface area contributed by atoms with Crippen LogP contribution in [-0.4, -0.2) is 73.6 Å². The number of carbonyl (C=O) groups excluding carboxylic acids is 2. The SMILES string of the molecule is Cc1ccc(S(=O)(=O)N(C)C[C@@H]2Oc3ccc(NC(=O)Nc4cccc5ccccc45)cc3C(=O)N([C@@H](C)CO)C[C@@H]2C)cc1. The zero-order chi connectivity index (χ0) is 32.3. The van der Waals surface area contributed by atoms with Gasteiger partial charge >= 0.3 is 6.03 Å². The van der Waals surface area contributed by atoms with Crippen LogP contribution in [0.4, 0.5) is 16.2 Å². The molecule has 10 nitrogen and oxygen atoms in total. The predicted octanol–water partition coefficient (Wildman–Crippen LogP) is 5.33. The Kier molecular flexibility index (Phi) is 9.42. The lowest BCUT2D eigenvalue weighted by Gasteiger charge is -2.38. The highest BCUT2D eigenvalue weighted by Gasteiger charge is 2.35. The van der Waals surface area contributed by atoms with Crippen molar-refractivity contribution in [2.45, 2.75) is 37.8 Å². The Hall–Kier alpha value is -4.45. The summed E-state index contributed by atoms with van der Waals surface area (Å²) in [7, 11) is -2.30. The largest absolute Gasteiger partial charge is 0.488 e. The first-order valence-corrected chi connectivity index (χ1v) is 16.2. The molecule has 0 saturated carbocycles. The standard InChI is InChI=1S/C34H38N4O6S/c1-22-12-15-27(16-13-22)45(42,43)37(4)20-32-23(2)19-38(24(3)21-39)33(40)29-18-26(14-17-31(29)44-32)35-34(41)36-30-11-7-9-25-8-5-6-10-28(25)30/h5-18,23-24,32,39H,19-21H2,1-4H3,(H2,35,36,41)/t23-,24-,32-/m0/s1. The molecule has 0 aliphatic carbocycles. The Bertz CT molecular complexity index is 1810. The van der Waals surface area contributed by atoms with E-state index in [9.17, 15) is 23.1 Å². The van der Waals surface area contributed by atoms with E-state index in [1.807, 2.05) is 56.3 Å². The number of benzene rings is 4. The lowest BCUT2D eigenvalue weighted by atomic mass is 9.99. The first kappa shape index (κ1) is 32.0. The summed E-state index contributed by atoms with van der Waals surface area (Å²) < 4.78 is 34.4. The monoisotopic (exact) mass is 630 g/mol. The van der Waals surface area contributed by atoms with E-state index < -0.39 is 28.2 Å². The number of amides is 3. The number of aliphatic hydroxyl groups is 1. The Labute approximate surface area is 263 Å². The fourth-order valence-corrected chi connectivity index (χ4v) is 6.56. The van der Waals surface area contributed by atoms with Gasteiger partial charge in [0.05, 0.1) is 35.3 Å². The van der Waals surface area contributed by atoms with Gasteiger partial charge in [-0.25, -0.2) is 13.2 Å². The molecule has 236 valence electrons. The summed E-state index contributed by atoms with van der Waals surface area (Å²) in [4.78, 5) is 28.6. The molecule has 1 heterocycles. The molecule has 5 rings (SSSR count). The maximum atomic E-state index is 13.8. The first-order chi connectivity index (χ1) is 21.5. The van der Waals surface area contributed by atoms with Gasteiger partial charge in [0.2, 0.25) is 10.0 Å². The van der Waals surface area contributed by atoms with E-state index in [1.54, 1.807) is 48.2 Å². The van der Waals surface area contributed by atoms with Crippen LogP contribution in [0.15, 0.2) is 89.8 Å². The van der Waals surface area contributed by atoms with E-state index >= 15 is 0 Å². The average Bonchev–Trinajstić information content (AvgIpc) is 3.03. The summed E-state index contributed by atoms with van der Waals surface area (Å²) in [6, 6.07) is 23.8. The number of rotatable bonds is 8. The molecule has 0 radical (unpaired) electrons. The lowest BCUT2D eigenvalue weighted by molar-refractivity contribution is 0.0387. The average molecular weight is 631 g/mol. The van der Waals surface area contributed by atoms with Crippen molar-refractivity contribution in [2.24, 2.45) is 5.92 Å². The molecule has 4 aromatic carbocycles. The van der Waals surface area contributed by atoms with Crippen molar-refractivity contribution >= 4 is 44.1 Å². The van der Waals surface area contributed by atoms with Crippen molar-refractivity contribution in [1.82, 2.24) is 9.21 Å². The zero-order valence-corrected chi connectivity index (χ0v) is 26.5. The van der Waals surface area contributed by atoms with Crippen LogP contribution >= 0.6 is 0 Å². The minimum Gasteiger partial charge on any atom is -0.488 e. The molecular weight excluding hydrogens is 592 g/mol. The Morgan fingerprint density at radius 1 is 1.04 bits per heavy atom. The summed E-state index contributed by atoms with van der Waals surface area (Å²) >= 11 is 0. The van der Waals surface area contributed by atoms with Crippen molar-refractivity contribution in [1.29, 1.82) is 0 Å². The molecule has 0 fully saturated rings. The second-order valence-corrected chi connectivity index (χ2v) is 13.6. The Morgan fingerprint density at radius 3 is 2.49 bits per heavy atom. The minimum atomic E-state index is -3.80. The van der Waals surface area contributed by atoms with Crippen LogP contribution in [0.3, 0.4) is 0 Å². The summed E-state index contributed by atoms with van der Waals surface area (Å²) in [5.74, 6) is -0.389. The number of aryl methyl sites for hydroxylation is 1. The van der Waals surface area contributed by atoms with E-state index in [0.717, 1.165) is 16.3 Å². The molecule has 3 amide bonds. The summed E-state index contributed by atoms with van der Waals surface area (Å²) in [6.45, 7) is 5.52. The van der Waals surface area contributed by atoms with E-state index in [1.165, 1.54) is 17.4 Å². The van der Waals surface area contributed by atoms with Crippen LogP contribution in [0.5, 0.6) is 5.75 Å². The van der Waals surface area contributed by atoms with Gasteiger partial charge in [0, 0.05) is 30.6 Å². The maximum absolute atomic E-state index is 13.8. The number of hydrogen-bond acceptors (Lipinski definition) is 6. The third-order valence-electron chi connectivity index (χ3n) is 8.13. The maximum Gasteiger partial charge on any atom is 0.323 e.